The Hall–Kier alpha value is -1.63. The summed E-state index contributed by atoms with van der Waals surface area (Å²) in [5, 5.41) is 8.25. The van der Waals surface area contributed by atoms with Crippen LogP contribution in [-0.4, -0.2) is 40.5 Å². The molecule has 1 aliphatic heterocycles. The molecule has 0 spiro atoms. The summed E-state index contributed by atoms with van der Waals surface area (Å²) in [4.78, 5) is 30.4. The van der Waals surface area contributed by atoms with Gasteiger partial charge in [0.15, 0.2) is 0 Å². The van der Waals surface area contributed by atoms with Crippen LogP contribution in [0, 0.1) is 6.92 Å². The fourth-order valence-corrected chi connectivity index (χ4v) is 3.33. The Balaban J connectivity index is 1.78. The molecule has 0 radical (unpaired) electrons. The van der Waals surface area contributed by atoms with Crippen molar-refractivity contribution >= 4 is 23.3 Å². The summed E-state index contributed by atoms with van der Waals surface area (Å²) in [6, 6.07) is -0.594. The van der Waals surface area contributed by atoms with Gasteiger partial charge in [-0.3, -0.25) is 4.79 Å². The highest BCUT2D eigenvalue weighted by atomic mass is 32.1. The number of urea groups is 1. The molecular formula is C15H24N4O2S. The third kappa shape index (κ3) is 4.43. The lowest BCUT2D eigenvalue weighted by atomic mass is 10.0. The van der Waals surface area contributed by atoms with E-state index in [-0.39, 0.29) is 18.0 Å². The van der Waals surface area contributed by atoms with Gasteiger partial charge in [0.2, 0.25) is 5.91 Å². The lowest BCUT2D eigenvalue weighted by Crippen LogP contribution is -2.53. The number of piperidine rings is 1. The van der Waals surface area contributed by atoms with Crippen LogP contribution >= 0.6 is 11.3 Å². The van der Waals surface area contributed by atoms with E-state index in [1.54, 1.807) is 6.92 Å². The van der Waals surface area contributed by atoms with Gasteiger partial charge >= 0.3 is 6.03 Å². The van der Waals surface area contributed by atoms with E-state index in [9.17, 15) is 9.59 Å². The third-order valence-corrected chi connectivity index (χ3v) is 4.84. The molecule has 0 unspecified atom stereocenters. The molecule has 1 aromatic heterocycles. The average molecular weight is 324 g/mol. The highest BCUT2D eigenvalue weighted by molar-refractivity contribution is 7.09. The number of carbonyl (C=O) groups is 2. The van der Waals surface area contributed by atoms with E-state index < -0.39 is 6.04 Å². The van der Waals surface area contributed by atoms with Crippen LogP contribution in [0.3, 0.4) is 0 Å². The summed E-state index contributed by atoms with van der Waals surface area (Å²) in [5.41, 5.74) is 0.949. The first-order valence-corrected chi connectivity index (χ1v) is 8.61. The molecule has 2 rings (SSSR count). The minimum Gasteiger partial charge on any atom is -0.338 e. The van der Waals surface area contributed by atoms with E-state index in [1.165, 1.54) is 17.8 Å². The Morgan fingerprint density at radius 3 is 2.91 bits per heavy atom. The molecule has 2 atom stereocenters. The minimum atomic E-state index is -0.515. The molecule has 1 aromatic rings. The molecule has 122 valence electrons. The van der Waals surface area contributed by atoms with E-state index in [2.05, 4.69) is 22.5 Å². The van der Waals surface area contributed by atoms with E-state index in [4.69, 9.17) is 0 Å². The molecule has 7 heteroatoms. The number of aromatic nitrogens is 1. The van der Waals surface area contributed by atoms with Crippen molar-refractivity contribution in [3.8, 4) is 0 Å². The fraction of sp³-hybridized carbons (Fsp3) is 0.667. The summed E-state index contributed by atoms with van der Waals surface area (Å²) in [5.74, 6) is -0.00700. The number of likely N-dealkylation sites (tertiary alicyclic amines) is 1. The molecule has 22 heavy (non-hydrogen) atoms. The third-order valence-electron chi connectivity index (χ3n) is 3.87. The maximum atomic E-state index is 12.4. The van der Waals surface area contributed by atoms with Crippen molar-refractivity contribution in [3.63, 3.8) is 0 Å². The van der Waals surface area contributed by atoms with E-state index >= 15 is 0 Å². The number of hydrogen-bond donors (Lipinski definition) is 2. The van der Waals surface area contributed by atoms with E-state index in [0.717, 1.165) is 30.1 Å². The van der Waals surface area contributed by atoms with Crippen LogP contribution < -0.4 is 10.6 Å². The maximum Gasteiger partial charge on any atom is 0.315 e. The second-order valence-electron chi connectivity index (χ2n) is 5.81. The first-order chi connectivity index (χ1) is 10.5. The molecule has 0 saturated carbocycles. The number of thiazole rings is 1. The molecule has 3 amide bonds. The number of aryl methyl sites for hydroxylation is 1. The number of nitrogens with one attached hydrogen (secondary N) is 2. The van der Waals surface area contributed by atoms with Crippen molar-refractivity contribution in [1.82, 2.24) is 20.5 Å². The molecule has 1 fully saturated rings. The zero-order valence-corrected chi connectivity index (χ0v) is 14.2. The summed E-state index contributed by atoms with van der Waals surface area (Å²) in [7, 11) is 0. The van der Waals surface area contributed by atoms with Gasteiger partial charge in [0.25, 0.3) is 0 Å². The lowest BCUT2D eigenvalue weighted by Gasteiger charge is -2.35. The van der Waals surface area contributed by atoms with Crippen molar-refractivity contribution in [2.24, 2.45) is 0 Å². The first-order valence-electron chi connectivity index (χ1n) is 7.73. The highest BCUT2D eigenvalue weighted by Gasteiger charge is 2.27. The van der Waals surface area contributed by atoms with Gasteiger partial charge in [-0.2, -0.15) is 0 Å². The van der Waals surface area contributed by atoms with Gasteiger partial charge in [-0.15, -0.1) is 11.3 Å². The molecule has 0 aliphatic carbocycles. The number of rotatable bonds is 4. The quantitative estimate of drug-likeness (QED) is 0.890. The normalized spacial score (nSPS) is 19.6. The van der Waals surface area contributed by atoms with Gasteiger partial charge in [0.05, 0.1) is 6.54 Å². The monoisotopic (exact) mass is 324 g/mol. The maximum absolute atomic E-state index is 12.4. The van der Waals surface area contributed by atoms with Crippen LogP contribution in [-0.2, 0) is 11.3 Å². The zero-order chi connectivity index (χ0) is 16.1. The van der Waals surface area contributed by atoms with Gasteiger partial charge in [-0.1, -0.05) is 0 Å². The van der Waals surface area contributed by atoms with Gasteiger partial charge < -0.3 is 15.5 Å². The molecule has 6 nitrogen and oxygen atoms in total. The van der Waals surface area contributed by atoms with Crippen LogP contribution in [0.25, 0.3) is 0 Å². The Kier molecular flexibility index (Phi) is 5.76. The average Bonchev–Trinajstić information content (AvgIpc) is 2.90. The Bertz CT molecular complexity index is 531. The highest BCUT2D eigenvalue weighted by Crippen LogP contribution is 2.17. The fourth-order valence-electron chi connectivity index (χ4n) is 2.62. The number of amides is 3. The molecular weight excluding hydrogens is 300 g/mol. The summed E-state index contributed by atoms with van der Waals surface area (Å²) in [6.45, 7) is 6.88. The smallest absolute Gasteiger partial charge is 0.315 e. The summed E-state index contributed by atoms with van der Waals surface area (Å²) < 4.78 is 0. The largest absolute Gasteiger partial charge is 0.338 e. The predicted molar refractivity (Wildman–Crippen MR) is 86.7 cm³/mol. The van der Waals surface area contributed by atoms with Crippen molar-refractivity contribution in [1.29, 1.82) is 0 Å². The van der Waals surface area contributed by atoms with E-state index in [1.807, 2.05) is 17.2 Å². The van der Waals surface area contributed by atoms with Crippen LogP contribution in [0.2, 0.25) is 0 Å². The van der Waals surface area contributed by atoms with E-state index in [0.29, 0.717) is 6.54 Å². The Labute approximate surface area is 135 Å². The van der Waals surface area contributed by atoms with Crippen LogP contribution in [0.5, 0.6) is 0 Å². The second kappa shape index (κ2) is 7.58. The Morgan fingerprint density at radius 2 is 2.27 bits per heavy atom. The number of carbonyl (C=O) groups excluding carboxylic acids is 2. The van der Waals surface area contributed by atoms with Crippen LogP contribution in [0.1, 0.15) is 43.8 Å². The van der Waals surface area contributed by atoms with Crippen LogP contribution in [0.4, 0.5) is 4.79 Å². The number of nitrogens with zero attached hydrogens (tertiary/aromatic N) is 2. The lowest BCUT2D eigenvalue weighted by molar-refractivity contribution is -0.136. The van der Waals surface area contributed by atoms with Crippen molar-refractivity contribution < 1.29 is 9.59 Å². The summed E-state index contributed by atoms with van der Waals surface area (Å²) in [6.07, 6.45) is 3.24. The topological polar surface area (TPSA) is 74.3 Å². The van der Waals surface area contributed by atoms with Crippen molar-refractivity contribution in [2.75, 3.05) is 6.54 Å². The summed E-state index contributed by atoms with van der Waals surface area (Å²) >= 11 is 1.51. The molecule has 2 N–H and O–H groups in total. The molecule has 1 aliphatic rings. The van der Waals surface area contributed by atoms with Crippen LogP contribution in [0.15, 0.2) is 5.38 Å². The second-order valence-corrected chi connectivity index (χ2v) is 6.75. The standard InChI is InChI=1S/C15H24N4O2S/c1-10-9-22-13(17-10)8-16-15(21)18-12(3)14(20)19-7-5-4-6-11(19)2/h9,11-12H,4-8H2,1-3H3,(H2,16,18,21)/t11-,12+/m0/s1. The molecule has 0 aromatic carbocycles. The first kappa shape index (κ1) is 16.7. The zero-order valence-electron chi connectivity index (χ0n) is 13.4. The molecule has 1 saturated heterocycles. The van der Waals surface area contributed by atoms with Gasteiger partial charge in [-0.25, -0.2) is 9.78 Å². The van der Waals surface area contributed by atoms with Gasteiger partial charge in [0, 0.05) is 23.7 Å². The Morgan fingerprint density at radius 1 is 1.50 bits per heavy atom. The van der Waals surface area contributed by atoms with Crippen molar-refractivity contribution in [3.05, 3.63) is 16.1 Å². The van der Waals surface area contributed by atoms with Gasteiger partial charge in [0.1, 0.15) is 11.0 Å². The van der Waals surface area contributed by atoms with Crippen molar-refractivity contribution in [2.45, 2.75) is 58.7 Å². The predicted octanol–water partition coefficient (Wildman–Crippen LogP) is 2.04. The molecule has 2 heterocycles. The molecule has 0 bridgehead atoms. The minimum absolute atomic E-state index is 0.00700. The van der Waals surface area contributed by atoms with Gasteiger partial charge in [-0.05, 0) is 40.0 Å². The SMILES string of the molecule is Cc1csc(CNC(=O)N[C@H](C)C(=O)N2CCCC[C@@H]2C)n1. The number of hydrogen-bond acceptors (Lipinski definition) is 4.